The number of aliphatic hydroxyl groups excluding tert-OH is 1. The highest BCUT2D eigenvalue weighted by atomic mass is 16.3. The number of rotatable bonds is 9. The molecule has 0 bridgehead atoms. The quantitative estimate of drug-likeness (QED) is 0.466. The van der Waals surface area contributed by atoms with Gasteiger partial charge in [-0.1, -0.05) is 63.0 Å². The lowest BCUT2D eigenvalue weighted by molar-refractivity contribution is -0.140. The number of nitrogens with one attached hydrogen (secondary N) is 1. The topological polar surface area (TPSA) is 72.9 Å². The predicted octanol–water partition coefficient (Wildman–Crippen LogP) is 4.75. The molecular formula is C29H43N3O3. The lowest BCUT2D eigenvalue weighted by Crippen LogP contribution is -2.52. The molecule has 0 spiro atoms. The van der Waals surface area contributed by atoms with Gasteiger partial charge in [-0.3, -0.25) is 14.5 Å². The van der Waals surface area contributed by atoms with E-state index in [0.717, 1.165) is 68.2 Å². The Morgan fingerprint density at radius 3 is 2.43 bits per heavy atom. The molecule has 0 aromatic heterocycles. The molecule has 0 saturated heterocycles. The lowest BCUT2D eigenvalue weighted by Gasteiger charge is -2.35. The zero-order chi connectivity index (χ0) is 25.5. The van der Waals surface area contributed by atoms with Gasteiger partial charge in [0.1, 0.15) is 6.04 Å². The van der Waals surface area contributed by atoms with Crippen molar-refractivity contribution in [3.05, 3.63) is 60.0 Å². The summed E-state index contributed by atoms with van der Waals surface area (Å²) in [5.41, 5.74) is 3.10. The van der Waals surface area contributed by atoms with Crippen LogP contribution in [0.25, 0.3) is 0 Å². The summed E-state index contributed by atoms with van der Waals surface area (Å²) in [6.07, 6.45) is 15.9. The zero-order valence-electron chi connectivity index (χ0n) is 21.8. The van der Waals surface area contributed by atoms with Crippen molar-refractivity contribution < 1.29 is 14.7 Å². The second-order valence-corrected chi connectivity index (χ2v) is 10.2. The molecule has 2 saturated carbocycles. The van der Waals surface area contributed by atoms with Gasteiger partial charge in [-0.2, -0.15) is 0 Å². The summed E-state index contributed by atoms with van der Waals surface area (Å²) in [5.74, 6) is -0.267. The summed E-state index contributed by atoms with van der Waals surface area (Å²) < 4.78 is 0. The van der Waals surface area contributed by atoms with Crippen LogP contribution >= 0.6 is 0 Å². The first-order valence-electron chi connectivity index (χ1n) is 13.2. The van der Waals surface area contributed by atoms with E-state index in [9.17, 15) is 14.7 Å². The molecule has 6 heteroatoms. The number of amides is 2. The molecule has 1 heterocycles. The summed E-state index contributed by atoms with van der Waals surface area (Å²) in [6.45, 7) is 13.8. The largest absolute Gasteiger partial charge is 0.392 e. The third-order valence-corrected chi connectivity index (χ3v) is 7.49. The fraction of sp³-hybridized carbons (Fsp3) is 0.586. The van der Waals surface area contributed by atoms with Crippen LogP contribution in [0.5, 0.6) is 0 Å². The summed E-state index contributed by atoms with van der Waals surface area (Å²) >= 11 is 0. The number of hydrogen-bond acceptors (Lipinski definition) is 4. The fourth-order valence-electron chi connectivity index (χ4n) is 5.78. The maximum absolute atomic E-state index is 14.0. The van der Waals surface area contributed by atoms with Crippen LogP contribution < -0.4 is 5.32 Å². The molecule has 2 N–H and O–H groups in total. The number of allylic oxidation sites excluding steroid dienone is 5. The lowest BCUT2D eigenvalue weighted by atomic mass is 9.92. The molecule has 2 fully saturated rings. The van der Waals surface area contributed by atoms with Crippen molar-refractivity contribution in [1.29, 1.82) is 0 Å². The summed E-state index contributed by atoms with van der Waals surface area (Å²) in [5, 5.41) is 13.7. The highest BCUT2D eigenvalue weighted by molar-refractivity contribution is 5.96. The molecule has 2 amide bonds. The van der Waals surface area contributed by atoms with Gasteiger partial charge in [0.25, 0.3) is 5.91 Å². The first kappa shape index (κ1) is 27.2. The number of carbonyl (C=O) groups is 2. The number of hydrogen-bond donors (Lipinski definition) is 2. The van der Waals surface area contributed by atoms with E-state index in [4.69, 9.17) is 0 Å². The maximum atomic E-state index is 14.0. The molecule has 0 aromatic carbocycles. The Bertz CT molecular complexity index is 910. The van der Waals surface area contributed by atoms with E-state index in [1.807, 2.05) is 43.9 Å². The molecule has 3 aliphatic rings. The predicted molar refractivity (Wildman–Crippen MR) is 141 cm³/mol. The minimum Gasteiger partial charge on any atom is -0.392 e. The summed E-state index contributed by atoms with van der Waals surface area (Å²) in [7, 11) is 0. The number of nitrogens with zero attached hydrogens (tertiary/aromatic N) is 2. The van der Waals surface area contributed by atoms with Crippen LogP contribution in [0.3, 0.4) is 0 Å². The van der Waals surface area contributed by atoms with Crippen LogP contribution in [0.1, 0.15) is 78.6 Å². The zero-order valence-corrected chi connectivity index (χ0v) is 21.8. The average Bonchev–Trinajstić information content (AvgIpc) is 3.08. The van der Waals surface area contributed by atoms with Crippen molar-refractivity contribution in [2.24, 2.45) is 0 Å². The Morgan fingerprint density at radius 1 is 1.17 bits per heavy atom. The van der Waals surface area contributed by atoms with E-state index in [2.05, 4.69) is 18.5 Å². The first-order chi connectivity index (χ1) is 16.8. The molecule has 2 aliphatic carbocycles. The molecule has 3 rings (SSSR count). The average molecular weight is 482 g/mol. The van der Waals surface area contributed by atoms with E-state index in [-0.39, 0.29) is 30.4 Å². The van der Waals surface area contributed by atoms with Crippen molar-refractivity contribution in [1.82, 2.24) is 15.1 Å². The van der Waals surface area contributed by atoms with Crippen molar-refractivity contribution in [3.63, 3.8) is 0 Å². The molecule has 3 unspecified atom stereocenters. The van der Waals surface area contributed by atoms with Crippen molar-refractivity contribution in [2.45, 2.75) is 103 Å². The molecule has 35 heavy (non-hydrogen) atoms. The van der Waals surface area contributed by atoms with Gasteiger partial charge in [0.15, 0.2) is 0 Å². The summed E-state index contributed by atoms with van der Waals surface area (Å²) in [4.78, 5) is 31.4. The minimum absolute atomic E-state index is 0.0451. The van der Waals surface area contributed by atoms with Crippen LogP contribution in [0, 0.1) is 0 Å². The van der Waals surface area contributed by atoms with Gasteiger partial charge in [-0.25, -0.2) is 0 Å². The van der Waals surface area contributed by atoms with Crippen molar-refractivity contribution in [3.8, 4) is 0 Å². The molecule has 0 aromatic rings. The Balaban J connectivity index is 1.96. The van der Waals surface area contributed by atoms with Crippen LogP contribution in [0.2, 0.25) is 0 Å². The van der Waals surface area contributed by atoms with Gasteiger partial charge in [0, 0.05) is 29.1 Å². The molecule has 1 aliphatic heterocycles. The smallest absolute Gasteiger partial charge is 0.254 e. The van der Waals surface area contributed by atoms with E-state index in [0.29, 0.717) is 5.70 Å². The molecule has 6 nitrogen and oxygen atoms in total. The normalized spacial score (nSPS) is 26.5. The molecule has 3 atom stereocenters. The minimum atomic E-state index is -0.762. The van der Waals surface area contributed by atoms with Crippen LogP contribution in [-0.2, 0) is 9.59 Å². The molecular weight excluding hydrogens is 438 g/mol. The second kappa shape index (κ2) is 12.5. The van der Waals surface area contributed by atoms with Gasteiger partial charge in [0.05, 0.1) is 12.6 Å². The van der Waals surface area contributed by atoms with E-state index < -0.39 is 12.1 Å². The number of carbonyl (C=O) groups excluding carboxylic acids is 2. The van der Waals surface area contributed by atoms with E-state index >= 15 is 0 Å². The van der Waals surface area contributed by atoms with E-state index in [1.165, 1.54) is 6.42 Å². The van der Waals surface area contributed by atoms with Gasteiger partial charge in [-0.05, 0) is 58.6 Å². The number of aliphatic hydroxyl groups is 1. The van der Waals surface area contributed by atoms with Gasteiger partial charge in [0.2, 0.25) is 5.91 Å². The Morgan fingerprint density at radius 2 is 1.83 bits per heavy atom. The Kier molecular flexibility index (Phi) is 9.70. The fourth-order valence-corrected chi connectivity index (χ4v) is 5.78. The highest BCUT2D eigenvalue weighted by Gasteiger charge is 2.45. The maximum Gasteiger partial charge on any atom is 0.254 e. The SMILES string of the molecule is C=CC1=C(C)N(C2CCCCC2)C(=O)C1N(C(=O)CNC1CCCCC1O)C(/C=C\C)=C/C(=C)C. The van der Waals surface area contributed by atoms with Crippen LogP contribution in [0.4, 0.5) is 0 Å². The molecule has 192 valence electrons. The first-order valence-corrected chi connectivity index (χ1v) is 13.2. The van der Waals surface area contributed by atoms with Gasteiger partial charge >= 0.3 is 0 Å². The van der Waals surface area contributed by atoms with Gasteiger partial charge in [-0.15, -0.1) is 0 Å². The van der Waals surface area contributed by atoms with Crippen LogP contribution in [0.15, 0.2) is 60.0 Å². The van der Waals surface area contributed by atoms with Crippen molar-refractivity contribution >= 4 is 11.8 Å². The summed E-state index contributed by atoms with van der Waals surface area (Å²) in [6, 6.07) is -0.709. The Labute approximate surface area is 211 Å². The second-order valence-electron chi connectivity index (χ2n) is 10.2. The third kappa shape index (κ3) is 6.22. The standard InChI is InChI=1S/C29H43N3O3/c1-6-13-23(18-20(3)4)32(27(34)19-30-25-16-11-12-17-26(25)33)28-24(7-2)21(5)31(29(28)35)22-14-9-8-10-15-22/h6-7,13,18,22,25-26,28,30,33H,2-3,8-12,14-17,19H2,1,4-5H3/b13-6-,23-18+. The van der Waals surface area contributed by atoms with Crippen molar-refractivity contribution in [2.75, 3.05) is 6.54 Å². The van der Waals surface area contributed by atoms with Gasteiger partial charge < -0.3 is 15.3 Å². The van der Waals surface area contributed by atoms with Crippen LogP contribution in [-0.4, -0.2) is 57.5 Å². The van der Waals surface area contributed by atoms with E-state index in [1.54, 1.807) is 11.0 Å². The highest BCUT2D eigenvalue weighted by Crippen LogP contribution is 2.36. The third-order valence-electron chi connectivity index (χ3n) is 7.49. The molecule has 0 radical (unpaired) electrons. The Hall–Kier alpha value is -2.44. The monoisotopic (exact) mass is 481 g/mol.